The van der Waals surface area contributed by atoms with Crippen molar-refractivity contribution in [3.63, 3.8) is 0 Å². The zero-order valence-corrected chi connectivity index (χ0v) is 9.86. The molecular formula is C12H13F2N3O. The maximum atomic E-state index is 12.0. The number of nitrogens with zero attached hydrogens (tertiary/aromatic N) is 2. The summed E-state index contributed by atoms with van der Waals surface area (Å²) in [6.45, 7) is -0.550. The molecule has 0 heterocycles. The SMILES string of the molecule is CN(CC(=O)Nc1ccc(C#N)cc1)CC(F)F. The van der Waals surface area contributed by atoms with Crippen LogP contribution in [0.2, 0.25) is 0 Å². The number of hydrogen-bond donors (Lipinski definition) is 1. The molecule has 0 radical (unpaired) electrons. The van der Waals surface area contributed by atoms with Gasteiger partial charge in [-0.25, -0.2) is 8.78 Å². The Hall–Kier alpha value is -2.00. The number of rotatable bonds is 5. The molecule has 0 aliphatic carbocycles. The third kappa shape index (κ3) is 4.89. The van der Waals surface area contributed by atoms with Gasteiger partial charge in [0.25, 0.3) is 6.43 Å². The number of benzene rings is 1. The zero-order chi connectivity index (χ0) is 13.5. The summed E-state index contributed by atoms with van der Waals surface area (Å²) in [5.41, 5.74) is 1.02. The van der Waals surface area contributed by atoms with Crippen LogP contribution in [0, 0.1) is 11.3 Å². The first-order valence-electron chi connectivity index (χ1n) is 5.28. The fourth-order valence-corrected chi connectivity index (χ4v) is 1.37. The molecule has 0 bridgehead atoms. The number of alkyl halides is 2. The first-order valence-corrected chi connectivity index (χ1v) is 5.28. The van der Waals surface area contributed by atoms with Gasteiger partial charge in [-0.3, -0.25) is 9.69 Å². The minimum absolute atomic E-state index is 0.107. The van der Waals surface area contributed by atoms with Crippen molar-refractivity contribution in [1.82, 2.24) is 4.90 Å². The number of amides is 1. The van der Waals surface area contributed by atoms with Crippen LogP contribution in [-0.2, 0) is 4.79 Å². The van der Waals surface area contributed by atoms with Crippen LogP contribution < -0.4 is 5.32 Å². The van der Waals surface area contributed by atoms with Crippen LogP contribution in [0.3, 0.4) is 0 Å². The summed E-state index contributed by atoms with van der Waals surface area (Å²) in [6, 6.07) is 8.27. The van der Waals surface area contributed by atoms with Gasteiger partial charge in [-0.1, -0.05) is 0 Å². The van der Waals surface area contributed by atoms with E-state index < -0.39 is 13.0 Å². The first kappa shape index (κ1) is 14.1. The van der Waals surface area contributed by atoms with Crippen molar-refractivity contribution in [2.75, 3.05) is 25.5 Å². The van der Waals surface area contributed by atoms with Crippen molar-refractivity contribution in [3.8, 4) is 6.07 Å². The van der Waals surface area contributed by atoms with E-state index in [1.807, 2.05) is 6.07 Å². The lowest BCUT2D eigenvalue weighted by atomic mass is 10.2. The number of hydrogen-bond acceptors (Lipinski definition) is 3. The summed E-state index contributed by atoms with van der Waals surface area (Å²) in [6.07, 6.45) is -2.46. The van der Waals surface area contributed by atoms with Crippen LogP contribution in [0.15, 0.2) is 24.3 Å². The average Bonchev–Trinajstić information content (AvgIpc) is 2.28. The molecule has 18 heavy (non-hydrogen) atoms. The Labute approximate surface area is 104 Å². The molecule has 0 saturated heterocycles. The molecular weight excluding hydrogens is 240 g/mol. The fraction of sp³-hybridized carbons (Fsp3) is 0.333. The largest absolute Gasteiger partial charge is 0.325 e. The minimum atomic E-state index is -2.46. The second kappa shape index (κ2) is 6.67. The van der Waals surface area contributed by atoms with Gasteiger partial charge in [0.05, 0.1) is 24.7 Å². The first-order chi connectivity index (χ1) is 8.51. The molecule has 4 nitrogen and oxygen atoms in total. The lowest BCUT2D eigenvalue weighted by Gasteiger charge is -2.15. The van der Waals surface area contributed by atoms with E-state index in [9.17, 15) is 13.6 Å². The number of likely N-dealkylation sites (N-methyl/N-ethyl adjacent to an activating group) is 1. The molecule has 96 valence electrons. The van der Waals surface area contributed by atoms with Gasteiger partial charge in [-0.05, 0) is 31.3 Å². The van der Waals surface area contributed by atoms with Gasteiger partial charge in [0, 0.05) is 5.69 Å². The van der Waals surface area contributed by atoms with Gasteiger partial charge < -0.3 is 5.32 Å². The summed E-state index contributed by atoms with van der Waals surface area (Å²) < 4.78 is 24.1. The predicted octanol–water partition coefficient (Wildman–Crippen LogP) is 1.69. The van der Waals surface area contributed by atoms with Crippen LogP contribution in [0.25, 0.3) is 0 Å². The fourth-order valence-electron chi connectivity index (χ4n) is 1.37. The Kier molecular flexibility index (Phi) is 5.21. The normalized spacial score (nSPS) is 10.4. The number of carbonyl (C=O) groups excluding carboxylic acids is 1. The number of halogens is 2. The molecule has 1 amide bonds. The Morgan fingerprint density at radius 3 is 2.56 bits per heavy atom. The molecule has 0 aromatic heterocycles. The molecule has 0 aliphatic rings. The van der Waals surface area contributed by atoms with E-state index in [0.717, 1.165) is 0 Å². The van der Waals surface area contributed by atoms with E-state index in [1.54, 1.807) is 24.3 Å². The molecule has 1 aromatic carbocycles. The van der Waals surface area contributed by atoms with Gasteiger partial charge >= 0.3 is 0 Å². The van der Waals surface area contributed by atoms with E-state index >= 15 is 0 Å². The van der Waals surface area contributed by atoms with E-state index in [-0.39, 0.29) is 12.5 Å². The molecule has 1 rings (SSSR count). The van der Waals surface area contributed by atoms with Crippen LogP contribution in [0.4, 0.5) is 14.5 Å². The predicted molar refractivity (Wildman–Crippen MR) is 63.3 cm³/mol. The molecule has 0 aliphatic heterocycles. The Morgan fingerprint density at radius 2 is 2.06 bits per heavy atom. The van der Waals surface area contributed by atoms with E-state index in [1.165, 1.54) is 11.9 Å². The lowest BCUT2D eigenvalue weighted by Crippen LogP contribution is -2.33. The van der Waals surface area contributed by atoms with Crippen molar-refractivity contribution >= 4 is 11.6 Å². The molecule has 6 heteroatoms. The van der Waals surface area contributed by atoms with Gasteiger partial charge in [-0.15, -0.1) is 0 Å². The van der Waals surface area contributed by atoms with Gasteiger partial charge in [0.15, 0.2) is 0 Å². The zero-order valence-electron chi connectivity index (χ0n) is 9.86. The number of anilines is 1. The maximum Gasteiger partial charge on any atom is 0.251 e. The van der Waals surface area contributed by atoms with E-state index in [2.05, 4.69) is 5.32 Å². The van der Waals surface area contributed by atoms with Crippen molar-refractivity contribution < 1.29 is 13.6 Å². The number of carbonyl (C=O) groups is 1. The standard InChI is InChI=1S/C12H13F2N3O/c1-17(7-11(13)14)8-12(18)16-10-4-2-9(6-15)3-5-10/h2-5,11H,7-8H2,1H3,(H,16,18). The van der Waals surface area contributed by atoms with Crippen molar-refractivity contribution in [3.05, 3.63) is 29.8 Å². The Bertz CT molecular complexity index is 440. The van der Waals surface area contributed by atoms with E-state index in [0.29, 0.717) is 11.3 Å². The third-order valence-electron chi connectivity index (χ3n) is 2.16. The molecule has 1 aromatic rings. The quantitative estimate of drug-likeness (QED) is 0.868. The Morgan fingerprint density at radius 1 is 1.44 bits per heavy atom. The molecule has 0 spiro atoms. The van der Waals surface area contributed by atoms with Gasteiger partial charge in [-0.2, -0.15) is 5.26 Å². The van der Waals surface area contributed by atoms with Gasteiger partial charge in [0.1, 0.15) is 0 Å². The van der Waals surface area contributed by atoms with Crippen LogP contribution >= 0.6 is 0 Å². The van der Waals surface area contributed by atoms with Crippen LogP contribution in [0.1, 0.15) is 5.56 Å². The van der Waals surface area contributed by atoms with Crippen molar-refractivity contribution in [2.24, 2.45) is 0 Å². The Balaban J connectivity index is 2.46. The van der Waals surface area contributed by atoms with Crippen LogP contribution in [0.5, 0.6) is 0 Å². The smallest absolute Gasteiger partial charge is 0.251 e. The third-order valence-corrected chi connectivity index (χ3v) is 2.16. The van der Waals surface area contributed by atoms with Crippen molar-refractivity contribution in [2.45, 2.75) is 6.43 Å². The molecule has 0 fully saturated rings. The highest BCUT2D eigenvalue weighted by atomic mass is 19.3. The summed E-state index contributed by atoms with van der Waals surface area (Å²) in [5, 5.41) is 11.2. The number of nitrogens with one attached hydrogen (secondary N) is 1. The minimum Gasteiger partial charge on any atom is -0.325 e. The molecule has 0 saturated carbocycles. The molecule has 0 unspecified atom stereocenters. The second-order valence-corrected chi connectivity index (χ2v) is 3.83. The highest BCUT2D eigenvalue weighted by molar-refractivity contribution is 5.92. The van der Waals surface area contributed by atoms with E-state index in [4.69, 9.17) is 5.26 Å². The average molecular weight is 253 g/mol. The maximum absolute atomic E-state index is 12.0. The topological polar surface area (TPSA) is 56.1 Å². The van der Waals surface area contributed by atoms with Crippen LogP contribution in [-0.4, -0.2) is 37.4 Å². The molecule has 1 N–H and O–H groups in total. The summed E-state index contributed by atoms with van der Waals surface area (Å²) in [5.74, 6) is -0.372. The second-order valence-electron chi connectivity index (χ2n) is 3.83. The number of nitriles is 1. The highest BCUT2D eigenvalue weighted by Gasteiger charge is 2.11. The van der Waals surface area contributed by atoms with Crippen molar-refractivity contribution in [1.29, 1.82) is 5.26 Å². The summed E-state index contributed by atoms with van der Waals surface area (Å²) >= 11 is 0. The van der Waals surface area contributed by atoms with Gasteiger partial charge in [0.2, 0.25) is 5.91 Å². The monoisotopic (exact) mass is 253 g/mol. The lowest BCUT2D eigenvalue weighted by molar-refractivity contribution is -0.117. The summed E-state index contributed by atoms with van der Waals surface area (Å²) in [7, 11) is 1.45. The highest BCUT2D eigenvalue weighted by Crippen LogP contribution is 2.08. The molecule has 0 atom stereocenters. The summed E-state index contributed by atoms with van der Waals surface area (Å²) in [4.78, 5) is 12.7.